The lowest BCUT2D eigenvalue weighted by Crippen LogP contribution is -2.39. The van der Waals surface area contributed by atoms with Gasteiger partial charge in [-0.25, -0.2) is 12.7 Å². The van der Waals surface area contributed by atoms with Crippen LogP contribution in [0.2, 0.25) is 0 Å². The molecule has 1 rings (SSSR count). The van der Waals surface area contributed by atoms with Crippen molar-refractivity contribution in [1.29, 1.82) is 0 Å². The summed E-state index contributed by atoms with van der Waals surface area (Å²) in [6.07, 6.45) is 5.63. The maximum absolute atomic E-state index is 11.5. The van der Waals surface area contributed by atoms with Gasteiger partial charge in [0, 0.05) is 13.1 Å². The van der Waals surface area contributed by atoms with Crippen molar-refractivity contribution < 1.29 is 13.5 Å². The molecule has 5 heteroatoms. The first kappa shape index (κ1) is 15.9. The van der Waals surface area contributed by atoms with Crippen molar-refractivity contribution in [3.63, 3.8) is 0 Å². The maximum Gasteiger partial charge on any atom is 0.211 e. The van der Waals surface area contributed by atoms with Crippen molar-refractivity contribution in [3.8, 4) is 0 Å². The van der Waals surface area contributed by atoms with E-state index in [-0.39, 0.29) is 6.10 Å². The summed E-state index contributed by atoms with van der Waals surface area (Å²) < 4.78 is 24.6. The zero-order chi connectivity index (χ0) is 13.8. The standard InChI is InChI=1S/C13H27NO3S/c1-11(2)9-13(15)7-6-12-5-4-8-14(10-12)18(3,16)17/h11-13,15H,4-10H2,1-3H3. The third-order valence-electron chi connectivity index (χ3n) is 3.60. The van der Waals surface area contributed by atoms with Crippen LogP contribution in [0.25, 0.3) is 0 Å². The van der Waals surface area contributed by atoms with Crippen LogP contribution >= 0.6 is 0 Å². The lowest BCUT2D eigenvalue weighted by Gasteiger charge is -2.31. The zero-order valence-electron chi connectivity index (χ0n) is 11.8. The van der Waals surface area contributed by atoms with Crippen LogP contribution in [-0.2, 0) is 10.0 Å². The number of rotatable bonds is 6. The monoisotopic (exact) mass is 277 g/mol. The summed E-state index contributed by atoms with van der Waals surface area (Å²) in [6, 6.07) is 0. The molecule has 0 aliphatic carbocycles. The molecule has 2 unspecified atom stereocenters. The van der Waals surface area contributed by atoms with Crippen LogP contribution in [0.3, 0.4) is 0 Å². The van der Waals surface area contributed by atoms with Gasteiger partial charge in [-0.1, -0.05) is 13.8 Å². The zero-order valence-corrected chi connectivity index (χ0v) is 12.6. The highest BCUT2D eigenvalue weighted by atomic mass is 32.2. The third kappa shape index (κ3) is 5.67. The highest BCUT2D eigenvalue weighted by molar-refractivity contribution is 7.88. The molecule has 0 spiro atoms. The summed E-state index contributed by atoms with van der Waals surface area (Å²) in [5, 5.41) is 9.84. The first-order valence-corrected chi connectivity index (χ1v) is 8.77. The highest BCUT2D eigenvalue weighted by Crippen LogP contribution is 2.24. The third-order valence-corrected chi connectivity index (χ3v) is 4.87. The molecule has 1 N–H and O–H groups in total. The Bertz CT molecular complexity index is 340. The second-order valence-electron chi connectivity index (χ2n) is 5.99. The Kier molecular flexibility index (Phi) is 6.08. The molecule has 0 bridgehead atoms. The minimum absolute atomic E-state index is 0.237. The summed E-state index contributed by atoms with van der Waals surface area (Å²) in [7, 11) is -3.05. The lowest BCUT2D eigenvalue weighted by atomic mass is 9.91. The van der Waals surface area contributed by atoms with E-state index in [9.17, 15) is 13.5 Å². The predicted molar refractivity (Wildman–Crippen MR) is 73.8 cm³/mol. The Labute approximate surface area is 111 Å². The van der Waals surface area contributed by atoms with E-state index in [1.807, 2.05) is 0 Å². The molecule has 108 valence electrons. The van der Waals surface area contributed by atoms with E-state index in [0.29, 0.717) is 24.9 Å². The van der Waals surface area contributed by atoms with Crippen LogP contribution in [0.4, 0.5) is 0 Å². The van der Waals surface area contributed by atoms with Gasteiger partial charge >= 0.3 is 0 Å². The largest absolute Gasteiger partial charge is 0.393 e. The number of hydrogen-bond acceptors (Lipinski definition) is 3. The molecule has 1 heterocycles. The van der Waals surface area contributed by atoms with E-state index in [1.54, 1.807) is 4.31 Å². The molecular weight excluding hydrogens is 250 g/mol. The smallest absolute Gasteiger partial charge is 0.211 e. The molecule has 1 aliphatic heterocycles. The molecule has 1 saturated heterocycles. The molecule has 1 aliphatic rings. The molecule has 0 radical (unpaired) electrons. The van der Waals surface area contributed by atoms with Crippen LogP contribution in [0.1, 0.15) is 46.0 Å². The minimum atomic E-state index is -3.05. The molecule has 0 aromatic rings. The van der Waals surface area contributed by atoms with Crippen LogP contribution < -0.4 is 0 Å². The van der Waals surface area contributed by atoms with Crippen LogP contribution in [0.5, 0.6) is 0 Å². The van der Waals surface area contributed by atoms with Gasteiger partial charge in [-0.3, -0.25) is 0 Å². The molecule has 0 aromatic carbocycles. The molecule has 4 nitrogen and oxygen atoms in total. The molecule has 0 saturated carbocycles. The van der Waals surface area contributed by atoms with Crippen molar-refractivity contribution in [2.75, 3.05) is 19.3 Å². The number of aliphatic hydroxyl groups is 1. The predicted octanol–water partition coefficient (Wildman–Crippen LogP) is 1.85. The molecular formula is C13H27NO3S. The second-order valence-corrected chi connectivity index (χ2v) is 7.97. The Hall–Kier alpha value is -0.130. The van der Waals surface area contributed by atoms with Crippen molar-refractivity contribution in [2.45, 2.75) is 52.1 Å². The summed E-state index contributed by atoms with van der Waals surface area (Å²) >= 11 is 0. The van der Waals surface area contributed by atoms with Gasteiger partial charge in [0.05, 0.1) is 12.4 Å². The van der Waals surface area contributed by atoms with Gasteiger partial charge in [0.2, 0.25) is 10.0 Å². The first-order chi connectivity index (χ1) is 8.29. The molecule has 18 heavy (non-hydrogen) atoms. The van der Waals surface area contributed by atoms with E-state index in [0.717, 1.165) is 32.1 Å². The number of hydrogen-bond donors (Lipinski definition) is 1. The van der Waals surface area contributed by atoms with Crippen LogP contribution in [-0.4, -0.2) is 43.3 Å². The average Bonchev–Trinajstić information content (AvgIpc) is 2.25. The van der Waals surface area contributed by atoms with Crippen molar-refractivity contribution >= 4 is 10.0 Å². The summed E-state index contributed by atoms with van der Waals surface area (Å²) in [5.74, 6) is 0.925. The SMILES string of the molecule is CC(C)CC(O)CCC1CCCN(S(C)(=O)=O)C1. The Balaban J connectivity index is 2.35. The lowest BCUT2D eigenvalue weighted by molar-refractivity contribution is 0.124. The average molecular weight is 277 g/mol. The van der Waals surface area contributed by atoms with Gasteiger partial charge in [-0.2, -0.15) is 0 Å². The Morgan fingerprint density at radius 2 is 2.06 bits per heavy atom. The highest BCUT2D eigenvalue weighted by Gasteiger charge is 2.26. The quantitative estimate of drug-likeness (QED) is 0.806. The molecule has 0 amide bonds. The van der Waals surface area contributed by atoms with Crippen LogP contribution in [0, 0.1) is 11.8 Å². The summed E-state index contributed by atoms with van der Waals surface area (Å²) in [4.78, 5) is 0. The fourth-order valence-corrected chi connectivity index (χ4v) is 3.60. The van der Waals surface area contributed by atoms with Gasteiger partial charge in [0.1, 0.15) is 0 Å². The van der Waals surface area contributed by atoms with Gasteiger partial charge in [0.25, 0.3) is 0 Å². The topological polar surface area (TPSA) is 57.6 Å². The van der Waals surface area contributed by atoms with Gasteiger partial charge in [0.15, 0.2) is 0 Å². The van der Waals surface area contributed by atoms with Crippen LogP contribution in [0.15, 0.2) is 0 Å². The van der Waals surface area contributed by atoms with E-state index in [4.69, 9.17) is 0 Å². The van der Waals surface area contributed by atoms with Crippen molar-refractivity contribution in [1.82, 2.24) is 4.31 Å². The number of sulfonamides is 1. The first-order valence-electron chi connectivity index (χ1n) is 6.92. The van der Waals surface area contributed by atoms with E-state index >= 15 is 0 Å². The maximum atomic E-state index is 11.5. The molecule has 1 fully saturated rings. The normalized spacial score (nSPS) is 24.4. The van der Waals surface area contributed by atoms with Crippen molar-refractivity contribution in [3.05, 3.63) is 0 Å². The fraction of sp³-hybridized carbons (Fsp3) is 1.00. The minimum Gasteiger partial charge on any atom is -0.393 e. The van der Waals surface area contributed by atoms with Crippen molar-refractivity contribution in [2.24, 2.45) is 11.8 Å². The summed E-state index contributed by atoms with van der Waals surface area (Å²) in [5.41, 5.74) is 0. The number of aliphatic hydroxyl groups excluding tert-OH is 1. The number of nitrogens with zero attached hydrogens (tertiary/aromatic N) is 1. The molecule has 2 atom stereocenters. The molecule has 0 aromatic heterocycles. The van der Waals surface area contributed by atoms with E-state index < -0.39 is 10.0 Å². The van der Waals surface area contributed by atoms with E-state index in [1.165, 1.54) is 6.26 Å². The summed E-state index contributed by atoms with van der Waals surface area (Å²) in [6.45, 7) is 5.50. The van der Waals surface area contributed by atoms with Gasteiger partial charge in [-0.05, 0) is 43.9 Å². The van der Waals surface area contributed by atoms with Gasteiger partial charge < -0.3 is 5.11 Å². The number of piperidine rings is 1. The Morgan fingerprint density at radius 3 is 2.61 bits per heavy atom. The van der Waals surface area contributed by atoms with E-state index in [2.05, 4.69) is 13.8 Å². The Morgan fingerprint density at radius 1 is 1.39 bits per heavy atom. The second kappa shape index (κ2) is 6.87. The van der Waals surface area contributed by atoms with Gasteiger partial charge in [-0.15, -0.1) is 0 Å². The fourth-order valence-electron chi connectivity index (χ4n) is 2.65.